The number of amides is 1. The largest absolute Gasteiger partial charge is 0.381 e. The van der Waals surface area contributed by atoms with Crippen LogP contribution in [-0.4, -0.2) is 37.6 Å². The second kappa shape index (κ2) is 7.17. The molecule has 6 heteroatoms. The van der Waals surface area contributed by atoms with E-state index in [4.69, 9.17) is 10.6 Å². The lowest BCUT2D eigenvalue weighted by molar-refractivity contribution is 0.0549. The van der Waals surface area contributed by atoms with Gasteiger partial charge in [-0.2, -0.15) is 0 Å². The summed E-state index contributed by atoms with van der Waals surface area (Å²) < 4.78 is 5.39. The monoisotopic (exact) mass is 297 g/mol. The van der Waals surface area contributed by atoms with Crippen LogP contribution in [0.15, 0.2) is 6.07 Å². The van der Waals surface area contributed by atoms with Crippen LogP contribution in [0.2, 0.25) is 0 Å². The summed E-state index contributed by atoms with van der Waals surface area (Å²) in [5.41, 5.74) is 3.40. The van der Waals surface area contributed by atoms with E-state index in [-0.39, 0.29) is 5.91 Å². The summed E-state index contributed by atoms with van der Waals surface area (Å²) in [7, 11) is 2.13. The molecule has 20 heavy (non-hydrogen) atoms. The van der Waals surface area contributed by atoms with E-state index in [2.05, 4.69) is 24.3 Å². The fourth-order valence-corrected chi connectivity index (χ4v) is 3.52. The van der Waals surface area contributed by atoms with Gasteiger partial charge in [0.05, 0.1) is 4.88 Å². The van der Waals surface area contributed by atoms with Crippen LogP contribution in [0.5, 0.6) is 0 Å². The molecule has 1 aliphatic heterocycles. The molecule has 1 amide bonds. The van der Waals surface area contributed by atoms with E-state index in [0.29, 0.717) is 4.88 Å². The Kier molecular flexibility index (Phi) is 5.54. The van der Waals surface area contributed by atoms with Gasteiger partial charge in [-0.05, 0) is 44.4 Å². The molecule has 0 atom stereocenters. The maximum absolute atomic E-state index is 11.5. The molecule has 1 aliphatic rings. The number of thiophene rings is 1. The van der Waals surface area contributed by atoms with Crippen LogP contribution in [0.3, 0.4) is 0 Å². The third-order valence-electron chi connectivity index (χ3n) is 3.73. The zero-order valence-corrected chi connectivity index (χ0v) is 13.0. The molecular formula is C14H23N3O2S. The zero-order chi connectivity index (χ0) is 14.5. The number of nitrogens with zero attached hydrogens (tertiary/aromatic N) is 1. The Morgan fingerprint density at radius 3 is 2.90 bits per heavy atom. The van der Waals surface area contributed by atoms with E-state index in [9.17, 15) is 4.79 Å². The molecule has 0 aromatic carbocycles. The number of carbonyl (C=O) groups is 1. The molecule has 0 unspecified atom stereocenters. The number of nitrogen functional groups attached to an aromatic ring is 1. The van der Waals surface area contributed by atoms with Crippen LogP contribution in [0.1, 0.15) is 33.0 Å². The van der Waals surface area contributed by atoms with Gasteiger partial charge in [-0.25, -0.2) is 5.84 Å². The summed E-state index contributed by atoms with van der Waals surface area (Å²) in [6.45, 7) is 5.78. The normalized spacial score (nSPS) is 16.6. The Bertz CT molecular complexity index is 455. The smallest absolute Gasteiger partial charge is 0.275 e. The summed E-state index contributed by atoms with van der Waals surface area (Å²) in [6, 6.07) is 1.95. The van der Waals surface area contributed by atoms with Crippen molar-refractivity contribution >= 4 is 17.2 Å². The van der Waals surface area contributed by atoms with E-state index in [1.54, 1.807) is 0 Å². The summed E-state index contributed by atoms with van der Waals surface area (Å²) in [6.07, 6.45) is 2.29. The van der Waals surface area contributed by atoms with Gasteiger partial charge in [-0.15, -0.1) is 11.3 Å². The second-order valence-corrected chi connectivity index (χ2v) is 6.67. The minimum absolute atomic E-state index is 0.212. The van der Waals surface area contributed by atoms with E-state index in [1.165, 1.54) is 21.8 Å². The Labute approximate surface area is 124 Å². The first-order valence-corrected chi connectivity index (χ1v) is 7.78. The highest BCUT2D eigenvalue weighted by molar-refractivity contribution is 7.14. The third-order valence-corrected chi connectivity index (χ3v) is 4.82. The molecule has 2 heterocycles. The van der Waals surface area contributed by atoms with E-state index >= 15 is 0 Å². The average Bonchev–Trinajstić information content (AvgIpc) is 2.80. The van der Waals surface area contributed by atoms with Crippen LogP contribution in [-0.2, 0) is 11.3 Å². The van der Waals surface area contributed by atoms with Crippen LogP contribution in [0, 0.1) is 12.8 Å². The summed E-state index contributed by atoms with van der Waals surface area (Å²) in [4.78, 5) is 15.7. The molecule has 2 rings (SSSR count). The Balaban J connectivity index is 1.91. The molecular weight excluding hydrogens is 274 g/mol. The molecule has 1 aromatic heterocycles. The lowest BCUT2D eigenvalue weighted by atomic mass is 10.00. The molecule has 3 N–H and O–H groups in total. The van der Waals surface area contributed by atoms with Crippen molar-refractivity contribution in [3.8, 4) is 0 Å². The van der Waals surface area contributed by atoms with Gasteiger partial charge in [0.25, 0.3) is 5.91 Å². The SMILES string of the molecule is Cc1sc(C(=O)NN)cc1CN(C)CC1CCOCC1. The average molecular weight is 297 g/mol. The van der Waals surface area contributed by atoms with Crippen LogP contribution >= 0.6 is 11.3 Å². The number of hydrogen-bond donors (Lipinski definition) is 2. The van der Waals surface area contributed by atoms with Gasteiger partial charge in [0.15, 0.2) is 0 Å². The number of carbonyl (C=O) groups excluding carboxylic acids is 1. The van der Waals surface area contributed by atoms with Crippen LogP contribution in [0.25, 0.3) is 0 Å². The minimum Gasteiger partial charge on any atom is -0.381 e. The van der Waals surface area contributed by atoms with E-state index < -0.39 is 0 Å². The van der Waals surface area contributed by atoms with Crippen molar-refractivity contribution in [2.24, 2.45) is 11.8 Å². The number of aryl methyl sites for hydroxylation is 1. The highest BCUT2D eigenvalue weighted by Gasteiger charge is 2.17. The molecule has 0 saturated carbocycles. The number of ether oxygens (including phenoxy) is 1. The van der Waals surface area contributed by atoms with Gasteiger partial charge in [-0.3, -0.25) is 10.2 Å². The van der Waals surface area contributed by atoms with E-state index in [1.807, 2.05) is 6.07 Å². The summed E-state index contributed by atoms with van der Waals surface area (Å²) >= 11 is 1.50. The number of hydrogen-bond acceptors (Lipinski definition) is 5. The molecule has 1 fully saturated rings. The van der Waals surface area contributed by atoms with E-state index in [0.717, 1.165) is 45.1 Å². The minimum atomic E-state index is -0.212. The fraction of sp³-hybridized carbons (Fsp3) is 0.643. The standard InChI is InChI=1S/C14H23N3O2S/c1-10-12(7-13(20-10)14(18)16-15)9-17(2)8-11-3-5-19-6-4-11/h7,11H,3-6,8-9,15H2,1-2H3,(H,16,18). The maximum atomic E-state index is 11.5. The number of hydrazine groups is 1. The summed E-state index contributed by atoms with van der Waals surface area (Å²) in [5.74, 6) is 5.68. The lowest BCUT2D eigenvalue weighted by Crippen LogP contribution is -2.29. The van der Waals surface area contributed by atoms with Crippen molar-refractivity contribution in [1.82, 2.24) is 10.3 Å². The van der Waals surface area contributed by atoms with Gasteiger partial charge in [-0.1, -0.05) is 0 Å². The molecule has 1 aromatic rings. The van der Waals surface area contributed by atoms with Gasteiger partial charge in [0, 0.05) is 31.2 Å². The molecule has 5 nitrogen and oxygen atoms in total. The highest BCUT2D eigenvalue weighted by atomic mass is 32.1. The number of nitrogens with one attached hydrogen (secondary N) is 1. The highest BCUT2D eigenvalue weighted by Crippen LogP contribution is 2.23. The number of nitrogens with two attached hydrogens (primary N) is 1. The Morgan fingerprint density at radius 1 is 1.55 bits per heavy atom. The van der Waals surface area contributed by atoms with Crippen molar-refractivity contribution in [1.29, 1.82) is 0 Å². The number of rotatable bonds is 5. The quantitative estimate of drug-likeness (QED) is 0.491. The van der Waals surface area contributed by atoms with Crippen molar-refractivity contribution < 1.29 is 9.53 Å². The molecule has 0 spiro atoms. The molecule has 0 aliphatic carbocycles. The Morgan fingerprint density at radius 2 is 2.25 bits per heavy atom. The molecule has 112 valence electrons. The predicted octanol–water partition coefficient (Wildman–Crippen LogP) is 1.52. The first-order chi connectivity index (χ1) is 9.60. The first-order valence-electron chi connectivity index (χ1n) is 6.96. The summed E-state index contributed by atoms with van der Waals surface area (Å²) in [5, 5.41) is 0. The lowest BCUT2D eigenvalue weighted by Gasteiger charge is -2.27. The topological polar surface area (TPSA) is 67.6 Å². The molecule has 1 saturated heterocycles. The fourth-order valence-electron chi connectivity index (χ4n) is 2.58. The maximum Gasteiger partial charge on any atom is 0.275 e. The van der Waals surface area contributed by atoms with Gasteiger partial charge in [0.2, 0.25) is 0 Å². The molecule has 0 bridgehead atoms. The predicted molar refractivity (Wildman–Crippen MR) is 80.6 cm³/mol. The van der Waals surface area contributed by atoms with Crippen molar-refractivity contribution in [2.45, 2.75) is 26.3 Å². The van der Waals surface area contributed by atoms with Gasteiger partial charge < -0.3 is 9.64 Å². The van der Waals surface area contributed by atoms with Crippen LogP contribution < -0.4 is 11.3 Å². The first kappa shape index (κ1) is 15.4. The third kappa shape index (κ3) is 4.02. The van der Waals surface area contributed by atoms with Gasteiger partial charge >= 0.3 is 0 Å². The van der Waals surface area contributed by atoms with Crippen LogP contribution in [0.4, 0.5) is 0 Å². The van der Waals surface area contributed by atoms with Crippen molar-refractivity contribution in [3.63, 3.8) is 0 Å². The zero-order valence-electron chi connectivity index (χ0n) is 12.1. The molecule has 0 radical (unpaired) electrons. The van der Waals surface area contributed by atoms with Crippen molar-refractivity contribution in [2.75, 3.05) is 26.8 Å². The Hall–Kier alpha value is -0.950. The van der Waals surface area contributed by atoms with Crippen molar-refractivity contribution in [3.05, 3.63) is 21.4 Å². The van der Waals surface area contributed by atoms with Gasteiger partial charge in [0.1, 0.15) is 0 Å². The second-order valence-electron chi connectivity index (χ2n) is 5.42.